The van der Waals surface area contributed by atoms with E-state index in [2.05, 4.69) is 32.6 Å². The number of rotatable bonds is 2. The predicted molar refractivity (Wildman–Crippen MR) is 54.3 cm³/mol. The lowest BCUT2D eigenvalue weighted by Gasteiger charge is -2.38. The van der Waals surface area contributed by atoms with Crippen LogP contribution in [0.1, 0.15) is 40.5 Å². The molecule has 0 aromatic heterocycles. The van der Waals surface area contributed by atoms with Crippen LogP contribution in [0, 0.1) is 11.8 Å². The second-order valence-electron chi connectivity index (χ2n) is 4.52. The third kappa shape index (κ3) is 2.22. The second-order valence-corrected chi connectivity index (χ2v) is 4.52. The highest BCUT2D eigenvalue weighted by Gasteiger charge is 2.25. The maximum absolute atomic E-state index is 2.62. The summed E-state index contributed by atoms with van der Waals surface area (Å²) >= 11 is 0. The highest BCUT2D eigenvalue weighted by atomic mass is 15.2. The number of nitrogens with zero attached hydrogens (tertiary/aromatic N) is 1. The van der Waals surface area contributed by atoms with E-state index in [9.17, 15) is 0 Å². The minimum absolute atomic E-state index is 0.742. The van der Waals surface area contributed by atoms with E-state index in [1.54, 1.807) is 0 Å². The molecule has 0 N–H and O–H groups in total. The minimum Gasteiger partial charge on any atom is -0.301 e. The molecule has 1 saturated heterocycles. The molecule has 1 aliphatic heterocycles. The SMILES string of the molecule is CCC1CN(C(C)C)CCC1C. The topological polar surface area (TPSA) is 3.24 Å². The first-order valence-corrected chi connectivity index (χ1v) is 5.39. The van der Waals surface area contributed by atoms with Crippen molar-refractivity contribution in [2.24, 2.45) is 11.8 Å². The van der Waals surface area contributed by atoms with Crippen LogP contribution < -0.4 is 0 Å². The van der Waals surface area contributed by atoms with Gasteiger partial charge >= 0.3 is 0 Å². The number of likely N-dealkylation sites (tertiary alicyclic amines) is 1. The van der Waals surface area contributed by atoms with E-state index in [0.717, 1.165) is 17.9 Å². The first-order chi connectivity index (χ1) is 5.65. The Labute approximate surface area is 77.1 Å². The quantitative estimate of drug-likeness (QED) is 0.614. The molecule has 1 nitrogen and oxygen atoms in total. The summed E-state index contributed by atoms with van der Waals surface area (Å²) in [4.78, 5) is 2.62. The van der Waals surface area contributed by atoms with Gasteiger partial charge in [0, 0.05) is 12.6 Å². The standard InChI is InChI=1S/C11H23N/c1-5-11-8-12(9(2)3)7-6-10(11)4/h9-11H,5-8H2,1-4H3. The fourth-order valence-corrected chi connectivity index (χ4v) is 2.18. The van der Waals surface area contributed by atoms with Crippen molar-refractivity contribution in [3.8, 4) is 0 Å². The number of hydrogen-bond donors (Lipinski definition) is 0. The van der Waals surface area contributed by atoms with Gasteiger partial charge in [0.25, 0.3) is 0 Å². The van der Waals surface area contributed by atoms with E-state index in [4.69, 9.17) is 0 Å². The minimum atomic E-state index is 0.742. The van der Waals surface area contributed by atoms with E-state index in [1.165, 1.54) is 25.9 Å². The lowest BCUT2D eigenvalue weighted by molar-refractivity contribution is 0.0987. The number of hydrogen-bond acceptors (Lipinski definition) is 1. The highest BCUT2D eigenvalue weighted by Crippen LogP contribution is 2.26. The Morgan fingerprint density at radius 1 is 1.42 bits per heavy atom. The van der Waals surface area contributed by atoms with Crippen molar-refractivity contribution in [3.63, 3.8) is 0 Å². The number of piperidine rings is 1. The summed E-state index contributed by atoms with van der Waals surface area (Å²) in [5, 5.41) is 0. The van der Waals surface area contributed by atoms with Crippen molar-refractivity contribution in [3.05, 3.63) is 0 Å². The molecule has 1 fully saturated rings. The maximum atomic E-state index is 2.62. The summed E-state index contributed by atoms with van der Waals surface area (Å²) < 4.78 is 0. The molecule has 0 aromatic carbocycles. The highest BCUT2D eigenvalue weighted by molar-refractivity contribution is 4.78. The lowest BCUT2D eigenvalue weighted by Crippen LogP contribution is -2.42. The van der Waals surface area contributed by atoms with Gasteiger partial charge in [-0.25, -0.2) is 0 Å². The van der Waals surface area contributed by atoms with Crippen LogP contribution >= 0.6 is 0 Å². The van der Waals surface area contributed by atoms with E-state index < -0.39 is 0 Å². The molecule has 2 atom stereocenters. The van der Waals surface area contributed by atoms with Gasteiger partial charge in [-0.2, -0.15) is 0 Å². The van der Waals surface area contributed by atoms with Crippen molar-refractivity contribution in [2.45, 2.75) is 46.6 Å². The molecule has 0 saturated carbocycles. The van der Waals surface area contributed by atoms with E-state index in [1.807, 2.05) is 0 Å². The molecule has 72 valence electrons. The Hall–Kier alpha value is -0.0400. The average molecular weight is 169 g/mol. The van der Waals surface area contributed by atoms with Crippen molar-refractivity contribution >= 4 is 0 Å². The van der Waals surface area contributed by atoms with Crippen LogP contribution in [-0.2, 0) is 0 Å². The van der Waals surface area contributed by atoms with Gasteiger partial charge in [0.2, 0.25) is 0 Å². The molecule has 0 aliphatic carbocycles. The zero-order valence-electron chi connectivity index (χ0n) is 9.01. The van der Waals surface area contributed by atoms with Crippen LogP contribution in [0.25, 0.3) is 0 Å². The van der Waals surface area contributed by atoms with Gasteiger partial charge in [-0.1, -0.05) is 20.3 Å². The van der Waals surface area contributed by atoms with Gasteiger partial charge in [0.05, 0.1) is 0 Å². The Morgan fingerprint density at radius 3 is 2.58 bits per heavy atom. The van der Waals surface area contributed by atoms with Gasteiger partial charge in [0.1, 0.15) is 0 Å². The summed E-state index contributed by atoms with van der Waals surface area (Å²) in [6, 6.07) is 0.742. The van der Waals surface area contributed by atoms with Crippen LogP contribution in [0.5, 0.6) is 0 Å². The first kappa shape index (κ1) is 10.0. The molecular formula is C11H23N. The molecule has 0 aromatic rings. The van der Waals surface area contributed by atoms with Gasteiger partial charge in [0.15, 0.2) is 0 Å². The summed E-state index contributed by atoms with van der Waals surface area (Å²) in [7, 11) is 0. The zero-order chi connectivity index (χ0) is 9.14. The molecular weight excluding hydrogens is 146 g/mol. The van der Waals surface area contributed by atoms with Gasteiger partial charge in [-0.15, -0.1) is 0 Å². The molecule has 0 bridgehead atoms. The molecule has 1 aliphatic rings. The molecule has 0 amide bonds. The zero-order valence-corrected chi connectivity index (χ0v) is 9.01. The van der Waals surface area contributed by atoms with Gasteiger partial charge in [-0.05, 0) is 38.6 Å². The summed E-state index contributed by atoms with van der Waals surface area (Å²) in [6.07, 6.45) is 2.75. The molecule has 1 rings (SSSR count). The van der Waals surface area contributed by atoms with Crippen LogP contribution in [-0.4, -0.2) is 24.0 Å². The molecule has 2 unspecified atom stereocenters. The second kappa shape index (κ2) is 4.27. The third-order valence-electron chi connectivity index (χ3n) is 3.40. The van der Waals surface area contributed by atoms with Crippen LogP contribution in [0.3, 0.4) is 0 Å². The molecule has 0 radical (unpaired) electrons. The van der Waals surface area contributed by atoms with Crippen molar-refractivity contribution < 1.29 is 0 Å². The Balaban J connectivity index is 2.44. The average Bonchev–Trinajstić information content (AvgIpc) is 2.05. The Morgan fingerprint density at radius 2 is 2.08 bits per heavy atom. The van der Waals surface area contributed by atoms with Crippen molar-refractivity contribution in [2.75, 3.05) is 13.1 Å². The van der Waals surface area contributed by atoms with Gasteiger partial charge < -0.3 is 4.90 Å². The van der Waals surface area contributed by atoms with Gasteiger partial charge in [-0.3, -0.25) is 0 Å². The molecule has 1 heterocycles. The van der Waals surface area contributed by atoms with E-state index >= 15 is 0 Å². The van der Waals surface area contributed by atoms with E-state index in [-0.39, 0.29) is 0 Å². The third-order valence-corrected chi connectivity index (χ3v) is 3.40. The fraction of sp³-hybridized carbons (Fsp3) is 1.00. The molecule has 0 spiro atoms. The maximum Gasteiger partial charge on any atom is 0.00387 e. The monoisotopic (exact) mass is 169 g/mol. The Kier molecular flexibility index (Phi) is 3.57. The lowest BCUT2D eigenvalue weighted by atomic mass is 9.85. The summed E-state index contributed by atoms with van der Waals surface area (Å²) in [6.45, 7) is 12.0. The normalized spacial score (nSPS) is 32.8. The molecule has 1 heteroatoms. The molecule has 12 heavy (non-hydrogen) atoms. The van der Waals surface area contributed by atoms with Crippen LogP contribution in [0.4, 0.5) is 0 Å². The summed E-state index contributed by atoms with van der Waals surface area (Å²) in [5.41, 5.74) is 0. The van der Waals surface area contributed by atoms with E-state index in [0.29, 0.717) is 0 Å². The van der Waals surface area contributed by atoms with Crippen molar-refractivity contribution in [1.82, 2.24) is 4.90 Å². The largest absolute Gasteiger partial charge is 0.301 e. The van der Waals surface area contributed by atoms with Crippen LogP contribution in [0.2, 0.25) is 0 Å². The summed E-state index contributed by atoms with van der Waals surface area (Å²) in [5.74, 6) is 1.89. The first-order valence-electron chi connectivity index (χ1n) is 5.39. The smallest absolute Gasteiger partial charge is 0.00387 e. The predicted octanol–water partition coefficient (Wildman–Crippen LogP) is 2.76. The fourth-order valence-electron chi connectivity index (χ4n) is 2.18. The Bertz CT molecular complexity index is 131. The van der Waals surface area contributed by atoms with Crippen LogP contribution in [0.15, 0.2) is 0 Å². The van der Waals surface area contributed by atoms with Crippen molar-refractivity contribution in [1.29, 1.82) is 0 Å².